The zero-order valence-electron chi connectivity index (χ0n) is 13.1. The molecule has 0 saturated carbocycles. The van der Waals surface area contributed by atoms with Crippen LogP contribution in [0.25, 0.3) is 0 Å². The summed E-state index contributed by atoms with van der Waals surface area (Å²) in [6.07, 6.45) is -0.407. The number of carbonyl (C=O) groups is 1. The molecular weight excluding hydrogens is 370 g/mol. The third-order valence-electron chi connectivity index (χ3n) is 3.38. The number of methoxy groups -OCH3 is 1. The fourth-order valence-corrected chi connectivity index (χ4v) is 4.47. The van der Waals surface area contributed by atoms with Gasteiger partial charge in [-0.05, 0) is 24.3 Å². The number of nitrogens with one attached hydrogen (secondary N) is 1. The van der Waals surface area contributed by atoms with Crippen LogP contribution in [0.1, 0.15) is 17.4 Å². The molecule has 1 heterocycles. The molecule has 1 amide bonds. The van der Waals surface area contributed by atoms with Gasteiger partial charge in [-0.2, -0.15) is 0 Å². The lowest BCUT2D eigenvalue weighted by Crippen LogP contribution is -2.30. The van der Waals surface area contributed by atoms with Gasteiger partial charge >= 0.3 is 0 Å². The van der Waals surface area contributed by atoms with E-state index in [1.165, 1.54) is 23.5 Å². The van der Waals surface area contributed by atoms with Crippen molar-refractivity contribution < 1.29 is 17.9 Å². The average Bonchev–Trinajstić information content (AvgIpc) is 3.01. The Morgan fingerprint density at radius 1 is 1.25 bits per heavy atom. The van der Waals surface area contributed by atoms with Crippen molar-refractivity contribution >= 4 is 38.7 Å². The number of thiophene rings is 1. The molecule has 0 aliphatic carbocycles. The molecule has 0 fully saturated rings. The second-order valence-electron chi connectivity index (χ2n) is 5.05. The Hall–Kier alpha value is -1.41. The van der Waals surface area contributed by atoms with E-state index in [0.717, 1.165) is 4.88 Å². The summed E-state index contributed by atoms with van der Waals surface area (Å²) in [5.41, 5.74) is 0. The Kier molecular flexibility index (Phi) is 6.79. The molecule has 0 radical (unpaired) electrons. The largest absolute Gasteiger partial charge is 0.374 e. The highest BCUT2D eigenvalue weighted by Crippen LogP contribution is 2.28. The predicted octanol–water partition coefficient (Wildman–Crippen LogP) is 3.07. The van der Waals surface area contributed by atoms with E-state index >= 15 is 0 Å². The number of sulfone groups is 1. The van der Waals surface area contributed by atoms with Crippen molar-refractivity contribution in [2.75, 3.05) is 19.4 Å². The summed E-state index contributed by atoms with van der Waals surface area (Å²) >= 11 is 7.27. The number of ether oxygens (including phenoxy) is 1. The molecule has 0 aliphatic heterocycles. The highest BCUT2D eigenvalue weighted by molar-refractivity contribution is 7.91. The number of benzene rings is 1. The molecule has 0 saturated heterocycles. The molecule has 1 atom stereocenters. The fraction of sp³-hybridized carbons (Fsp3) is 0.312. The van der Waals surface area contributed by atoms with E-state index in [9.17, 15) is 13.2 Å². The minimum atomic E-state index is -3.46. The van der Waals surface area contributed by atoms with E-state index in [-0.39, 0.29) is 35.6 Å². The van der Waals surface area contributed by atoms with Crippen molar-refractivity contribution in [1.29, 1.82) is 0 Å². The van der Waals surface area contributed by atoms with Gasteiger partial charge in [-0.25, -0.2) is 8.42 Å². The molecule has 2 aromatic rings. The van der Waals surface area contributed by atoms with Gasteiger partial charge in [0, 0.05) is 25.0 Å². The maximum atomic E-state index is 12.1. The van der Waals surface area contributed by atoms with Crippen molar-refractivity contribution in [3.8, 4) is 0 Å². The Balaban J connectivity index is 1.85. The molecular formula is C16H18ClNO4S2. The molecule has 2 rings (SSSR count). The molecule has 5 nitrogen and oxygen atoms in total. The van der Waals surface area contributed by atoms with Gasteiger partial charge in [-0.15, -0.1) is 11.3 Å². The lowest BCUT2D eigenvalue weighted by Gasteiger charge is -2.14. The zero-order chi connectivity index (χ0) is 17.6. The molecule has 8 heteroatoms. The van der Waals surface area contributed by atoms with Gasteiger partial charge in [0.05, 0.1) is 15.0 Å². The third kappa shape index (κ3) is 5.31. The maximum absolute atomic E-state index is 12.1. The lowest BCUT2D eigenvalue weighted by atomic mass is 10.3. The summed E-state index contributed by atoms with van der Waals surface area (Å²) in [4.78, 5) is 13.0. The molecule has 130 valence electrons. The number of carbonyl (C=O) groups excluding carboxylic acids is 1. The van der Waals surface area contributed by atoms with Crippen LogP contribution in [0, 0.1) is 0 Å². The first kappa shape index (κ1) is 18.9. The van der Waals surface area contributed by atoms with Crippen LogP contribution in [0.3, 0.4) is 0 Å². The Morgan fingerprint density at radius 3 is 2.54 bits per heavy atom. The first-order chi connectivity index (χ1) is 11.4. The second-order valence-corrected chi connectivity index (χ2v) is 8.91. The van der Waals surface area contributed by atoms with Crippen LogP contribution in [-0.4, -0.2) is 33.7 Å². The Bertz CT molecular complexity index is 774. The van der Waals surface area contributed by atoms with Crippen LogP contribution in [0.4, 0.5) is 0 Å². The summed E-state index contributed by atoms with van der Waals surface area (Å²) in [6.45, 7) is 0.261. The smallest absolute Gasteiger partial charge is 0.221 e. The lowest BCUT2D eigenvalue weighted by molar-refractivity contribution is -0.121. The molecule has 0 aliphatic rings. The molecule has 0 spiro atoms. The Labute approximate surface area is 150 Å². The molecule has 1 aromatic carbocycles. The average molecular weight is 388 g/mol. The maximum Gasteiger partial charge on any atom is 0.221 e. The van der Waals surface area contributed by atoms with Gasteiger partial charge < -0.3 is 10.1 Å². The molecule has 24 heavy (non-hydrogen) atoms. The normalized spacial score (nSPS) is 12.8. The predicted molar refractivity (Wildman–Crippen MR) is 95.2 cm³/mol. The monoisotopic (exact) mass is 387 g/mol. The van der Waals surface area contributed by atoms with Crippen molar-refractivity contribution in [1.82, 2.24) is 5.32 Å². The number of amides is 1. The summed E-state index contributed by atoms with van der Waals surface area (Å²) in [5, 5.41) is 2.70. The molecule has 1 aromatic heterocycles. The van der Waals surface area contributed by atoms with Gasteiger partial charge in [0.25, 0.3) is 0 Å². The van der Waals surface area contributed by atoms with Crippen LogP contribution >= 0.6 is 22.9 Å². The summed E-state index contributed by atoms with van der Waals surface area (Å²) < 4.78 is 30.3. The van der Waals surface area contributed by atoms with E-state index in [1.807, 2.05) is 6.07 Å². The third-order valence-corrected chi connectivity index (χ3v) is 6.44. The van der Waals surface area contributed by atoms with Gasteiger partial charge in [0.2, 0.25) is 5.91 Å². The van der Waals surface area contributed by atoms with Crippen molar-refractivity contribution in [2.45, 2.75) is 17.4 Å². The van der Waals surface area contributed by atoms with E-state index in [2.05, 4.69) is 5.32 Å². The van der Waals surface area contributed by atoms with Crippen LogP contribution in [0.15, 0.2) is 47.4 Å². The zero-order valence-corrected chi connectivity index (χ0v) is 15.5. The minimum absolute atomic E-state index is 0.0984. The number of hydrogen-bond acceptors (Lipinski definition) is 5. The highest BCUT2D eigenvalue weighted by atomic mass is 35.5. The van der Waals surface area contributed by atoms with Crippen LogP contribution < -0.4 is 5.32 Å². The van der Waals surface area contributed by atoms with Gasteiger partial charge in [0.15, 0.2) is 9.84 Å². The van der Waals surface area contributed by atoms with Gasteiger partial charge in [-0.3, -0.25) is 4.79 Å². The van der Waals surface area contributed by atoms with Gasteiger partial charge in [0.1, 0.15) is 6.10 Å². The number of halogens is 1. The number of hydrogen-bond donors (Lipinski definition) is 1. The summed E-state index contributed by atoms with van der Waals surface area (Å²) in [7, 11) is -1.91. The SMILES string of the molecule is COC(CNC(=O)CCS(=O)(=O)c1ccccc1)c1ccc(Cl)s1. The van der Waals surface area contributed by atoms with Crippen molar-refractivity contribution in [3.63, 3.8) is 0 Å². The van der Waals surface area contributed by atoms with E-state index < -0.39 is 9.84 Å². The van der Waals surface area contributed by atoms with Crippen molar-refractivity contribution in [3.05, 3.63) is 51.7 Å². The highest BCUT2D eigenvalue weighted by Gasteiger charge is 2.18. The molecule has 1 N–H and O–H groups in total. The quantitative estimate of drug-likeness (QED) is 0.755. The van der Waals surface area contributed by atoms with Crippen LogP contribution in [-0.2, 0) is 19.4 Å². The topological polar surface area (TPSA) is 72.5 Å². The van der Waals surface area contributed by atoms with Gasteiger partial charge in [-0.1, -0.05) is 29.8 Å². The molecule has 1 unspecified atom stereocenters. The van der Waals surface area contributed by atoms with E-state index in [0.29, 0.717) is 4.34 Å². The summed E-state index contributed by atoms with van der Waals surface area (Å²) in [5.74, 6) is -0.565. The first-order valence-electron chi connectivity index (χ1n) is 7.25. The number of rotatable bonds is 8. The van der Waals surface area contributed by atoms with E-state index in [4.69, 9.17) is 16.3 Å². The second kappa shape index (κ2) is 8.62. The summed E-state index contributed by atoms with van der Waals surface area (Å²) in [6, 6.07) is 11.7. The van der Waals surface area contributed by atoms with Crippen molar-refractivity contribution in [2.24, 2.45) is 0 Å². The molecule has 0 bridgehead atoms. The first-order valence-corrected chi connectivity index (χ1v) is 10.1. The standard InChI is InChI=1S/C16H18ClNO4S2/c1-22-13(14-7-8-15(17)23-14)11-18-16(19)9-10-24(20,21)12-5-3-2-4-6-12/h2-8,13H,9-11H2,1H3,(H,18,19). The van der Waals surface area contributed by atoms with Crippen LogP contribution in [0.2, 0.25) is 4.34 Å². The fourth-order valence-electron chi connectivity index (χ4n) is 2.07. The Morgan fingerprint density at radius 2 is 1.96 bits per heavy atom. The minimum Gasteiger partial charge on any atom is -0.374 e. The van der Waals surface area contributed by atoms with Crippen LogP contribution in [0.5, 0.6) is 0 Å². The van der Waals surface area contributed by atoms with E-state index in [1.54, 1.807) is 31.4 Å².